The number of rotatable bonds is 10. The number of hydrogen-bond donors (Lipinski definition) is 2. The first kappa shape index (κ1) is 30.7. The third kappa shape index (κ3) is 6.74. The number of carbonyl (C=O) groups is 2. The van der Waals surface area contributed by atoms with Crippen LogP contribution in [0.4, 0.5) is 5.69 Å². The van der Waals surface area contributed by atoms with Crippen molar-refractivity contribution in [3.05, 3.63) is 98.8 Å². The molecule has 3 heterocycles. The lowest BCUT2D eigenvalue weighted by Gasteiger charge is -2.35. The average molecular weight is 623 g/mol. The first-order valence-corrected chi connectivity index (χ1v) is 14.2. The molecule has 1 aliphatic heterocycles. The smallest absolute Gasteiger partial charge is 0.335 e. The molecule has 0 bridgehead atoms. The van der Waals surface area contributed by atoms with Crippen molar-refractivity contribution in [1.82, 2.24) is 4.90 Å². The number of anilines is 1. The zero-order valence-electron chi connectivity index (χ0n) is 24.1. The van der Waals surface area contributed by atoms with Crippen molar-refractivity contribution < 1.29 is 38.1 Å². The van der Waals surface area contributed by atoms with E-state index in [1.807, 2.05) is 24.3 Å². The quantitative estimate of drug-likeness (QED) is 0.231. The molecule has 1 fully saturated rings. The summed E-state index contributed by atoms with van der Waals surface area (Å²) < 4.78 is 22.2. The van der Waals surface area contributed by atoms with Crippen molar-refractivity contribution in [2.24, 2.45) is 0 Å². The Morgan fingerprint density at radius 3 is 2.36 bits per heavy atom. The minimum atomic E-state index is -1.14. The van der Waals surface area contributed by atoms with Crippen LogP contribution in [0.15, 0.2) is 74.3 Å². The number of aromatic hydroxyl groups is 1. The zero-order valence-corrected chi connectivity index (χ0v) is 24.9. The summed E-state index contributed by atoms with van der Waals surface area (Å²) in [4.78, 5) is 41.2. The lowest BCUT2D eigenvalue weighted by Crippen LogP contribution is -2.46. The highest BCUT2D eigenvalue weighted by atomic mass is 35.5. The molecular formula is C32H31ClN2O9. The Morgan fingerprint density at radius 1 is 0.977 bits per heavy atom. The molecule has 230 valence electrons. The summed E-state index contributed by atoms with van der Waals surface area (Å²) in [7, 11) is 2.85. The number of halogens is 1. The van der Waals surface area contributed by atoms with E-state index in [1.54, 1.807) is 19.2 Å². The minimum Gasteiger partial charge on any atom is -0.502 e. The lowest BCUT2D eigenvalue weighted by atomic mass is 9.98. The highest BCUT2D eigenvalue weighted by Gasteiger charge is 2.30. The van der Waals surface area contributed by atoms with Gasteiger partial charge in [0.15, 0.2) is 5.76 Å². The maximum atomic E-state index is 12.9. The molecule has 0 saturated carbocycles. The first-order valence-electron chi connectivity index (χ1n) is 13.8. The monoisotopic (exact) mass is 622 g/mol. The van der Waals surface area contributed by atoms with Crippen LogP contribution >= 0.6 is 11.6 Å². The summed E-state index contributed by atoms with van der Waals surface area (Å²) in [5.41, 5.74) is 0.762. The maximum Gasteiger partial charge on any atom is 0.335 e. The molecule has 0 amide bonds. The molecule has 0 spiro atoms. The van der Waals surface area contributed by atoms with Crippen molar-refractivity contribution in [2.45, 2.75) is 18.9 Å². The van der Waals surface area contributed by atoms with E-state index >= 15 is 0 Å². The molecule has 0 unspecified atom stereocenters. The topological polar surface area (TPSA) is 143 Å². The predicted octanol–water partition coefficient (Wildman–Crippen LogP) is 4.98. The van der Waals surface area contributed by atoms with E-state index in [4.69, 9.17) is 29.9 Å². The standard InChI is InChI=1S/C32H31ClN2O9/c1-41-21-6-4-20(5-7-21)35-13-11-34(12-14-35)18-22-16-26(36)30(38)31(43-22)24(17-29(37)42-2)28-10-9-27(44-28)23-15-19(32(39)40)3-8-25(23)33/h3-10,15-16,24,38H,11-14,17-18H2,1-2H3,(H,39,40)/t24-/m0/s1. The van der Waals surface area contributed by atoms with E-state index < -0.39 is 29.0 Å². The molecule has 1 saturated heterocycles. The van der Waals surface area contributed by atoms with E-state index in [-0.39, 0.29) is 34.3 Å². The van der Waals surface area contributed by atoms with Crippen molar-refractivity contribution in [3.63, 3.8) is 0 Å². The number of nitrogens with zero attached hydrogens (tertiary/aromatic N) is 2. The van der Waals surface area contributed by atoms with Crippen molar-refractivity contribution in [1.29, 1.82) is 0 Å². The third-order valence-corrected chi connectivity index (χ3v) is 7.88. The predicted molar refractivity (Wildman–Crippen MR) is 162 cm³/mol. The van der Waals surface area contributed by atoms with Crippen LogP contribution in [-0.2, 0) is 16.1 Å². The van der Waals surface area contributed by atoms with Crippen molar-refractivity contribution in [3.8, 4) is 22.8 Å². The number of benzene rings is 2. The number of carboxylic acids is 1. The van der Waals surface area contributed by atoms with Crippen LogP contribution in [-0.4, -0.2) is 67.5 Å². The molecule has 0 aliphatic carbocycles. The fraction of sp³-hybridized carbons (Fsp3) is 0.281. The maximum absolute atomic E-state index is 12.9. The molecule has 11 nitrogen and oxygen atoms in total. The molecule has 12 heteroatoms. The summed E-state index contributed by atoms with van der Waals surface area (Å²) in [5, 5.41) is 20.4. The number of hydrogen-bond acceptors (Lipinski definition) is 10. The Labute approximate surface area is 257 Å². The molecule has 1 aliphatic rings. The molecule has 2 aromatic carbocycles. The van der Waals surface area contributed by atoms with E-state index in [1.165, 1.54) is 31.4 Å². The molecule has 4 aromatic rings. The first-order chi connectivity index (χ1) is 21.2. The van der Waals surface area contributed by atoms with E-state index in [0.717, 1.165) is 24.5 Å². The second-order valence-electron chi connectivity index (χ2n) is 10.3. The van der Waals surface area contributed by atoms with Gasteiger partial charge in [-0.3, -0.25) is 14.5 Å². The Morgan fingerprint density at radius 2 is 1.70 bits per heavy atom. The summed E-state index contributed by atoms with van der Waals surface area (Å²) in [5.74, 6) is -2.03. The number of ether oxygens (including phenoxy) is 2. The lowest BCUT2D eigenvalue weighted by molar-refractivity contribution is -0.141. The van der Waals surface area contributed by atoms with E-state index in [9.17, 15) is 24.6 Å². The highest BCUT2D eigenvalue weighted by Crippen LogP contribution is 2.38. The van der Waals surface area contributed by atoms with Crippen LogP contribution in [0.1, 0.15) is 40.0 Å². The number of furan rings is 1. The zero-order chi connectivity index (χ0) is 31.4. The van der Waals surface area contributed by atoms with Crippen molar-refractivity contribution >= 4 is 29.2 Å². The highest BCUT2D eigenvalue weighted by molar-refractivity contribution is 6.33. The summed E-state index contributed by atoms with van der Waals surface area (Å²) in [6, 6.07) is 16.4. The van der Waals surface area contributed by atoms with Gasteiger partial charge in [-0.05, 0) is 54.6 Å². The number of piperazine rings is 1. The van der Waals surface area contributed by atoms with Crippen LogP contribution in [0.2, 0.25) is 5.02 Å². The van der Waals surface area contributed by atoms with E-state index in [0.29, 0.717) is 31.0 Å². The Kier molecular flexibility index (Phi) is 9.26. The van der Waals surface area contributed by atoms with Gasteiger partial charge in [0, 0.05) is 43.5 Å². The van der Waals surface area contributed by atoms with Gasteiger partial charge in [0.1, 0.15) is 23.0 Å². The van der Waals surface area contributed by atoms with Crippen LogP contribution in [0.5, 0.6) is 11.5 Å². The molecular weight excluding hydrogens is 592 g/mol. The number of methoxy groups -OCH3 is 2. The van der Waals surface area contributed by atoms with Gasteiger partial charge in [0.25, 0.3) is 0 Å². The van der Waals surface area contributed by atoms with Gasteiger partial charge in [0.05, 0.1) is 43.7 Å². The van der Waals surface area contributed by atoms with Gasteiger partial charge >= 0.3 is 11.9 Å². The van der Waals surface area contributed by atoms with Gasteiger partial charge < -0.3 is 33.4 Å². The third-order valence-electron chi connectivity index (χ3n) is 7.55. The number of carbonyl (C=O) groups excluding carboxylic acids is 1. The Balaban J connectivity index is 1.39. The van der Waals surface area contributed by atoms with Crippen LogP contribution < -0.4 is 15.1 Å². The van der Waals surface area contributed by atoms with Crippen molar-refractivity contribution in [2.75, 3.05) is 45.3 Å². The summed E-state index contributed by atoms with van der Waals surface area (Å²) in [6.07, 6.45) is -0.299. The Bertz CT molecular complexity index is 1710. The van der Waals surface area contributed by atoms with E-state index in [2.05, 4.69) is 9.80 Å². The molecule has 2 aromatic heterocycles. The second-order valence-corrected chi connectivity index (χ2v) is 10.7. The van der Waals surface area contributed by atoms with Gasteiger partial charge in [0.2, 0.25) is 11.2 Å². The number of aromatic carboxylic acids is 1. The van der Waals surface area contributed by atoms with Crippen LogP contribution in [0.25, 0.3) is 11.3 Å². The van der Waals surface area contributed by atoms with Gasteiger partial charge in [-0.15, -0.1) is 0 Å². The summed E-state index contributed by atoms with van der Waals surface area (Å²) in [6.45, 7) is 3.23. The normalized spacial score (nSPS) is 14.3. The van der Waals surface area contributed by atoms with Crippen LogP contribution in [0, 0.1) is 0 Å². The van der Waals surface area contributed by atoms with Gasteiger partial charge in [-0.2, -0.15) is 0 Å². The molecule has 2 N–H and O–H groups in total. The number of esters is 1. The molecule has 5 rings (SSSR count). The molecule has 0 radical (unpaired) electrons. The molecule has 1 atom stereocenters. The second kappa shape index (κ2) is 13.3. The SMILES string of the molecule is COC(=O)C[C@@H](c1ccc(-c2cc(C(=O)O)ccc2Cl)o1)c1oc(CN2CCN(c3ccc(OC)cc3)CC2)cc(=O)c1O. The molecule has 44 heavy (non-hydrogen) atoms. The fourth-order valence-corrected chi connectivity index (χ4v) is 5.36. The average Bonchev–Trinajstić information content (AvgIpc) is 3.52. The minimum absolute atomic E-state index is 0.00892. The van der Waals surface area contributed by atoms with Gasteiger partial charge in [-0.1, -0.05) is 11.6 Å². The Hall–Kier alpha value is -4.74. The van der Waals surface area contributed by atoms with Gasteiger partial charge in [-0.25, -0.2) is 4.79 Å². The number of carboxylic acid groups (broad SMARTS) is 1. The fourth-order valence-electron chi connectivity index (χ4n) is 5.15. The summed E-state index contributed by atoms with van der Waals surface area (Å²) >= 11 is 6.32. The largest absolute Gasteiger partial charge is 0.502 e. The van der Waals surface area contributed by atoms with Crippen LogP contribution in [0.3, 0.4) is 0 Å².